The Balaban J connectivity index is 1.91. The van der Waals surface area contributed by atoms with E-state index in [1.807, 2.05) is 6.07 Å². The van der Waals surface area contributed by atoms with Gasteiger partial charge in [0.05, 0.1) is 13.2 Å². The first kappa shape index (κ1) is 13.4. The molecule has 2 atom stereocenters. The highest BCUT2D eigenvalue weighted by Crippen LogP contribution is 2.28. The maximum absolute atomic E-state index is 9.96. The number of hydrogen-bond acceptors (Lipinski definition) is 2. The maximum Gasteiger partial charge on any atom is 0.121 e. The van der Waals surface area contributed by atoms with E-state index in [0.29, 0.717) is 5.92 Å². The number of aryl methyl sites for hydroxylation is 2. The Morgan fingerprint density at radius 3 is 2.72 bits per heavy atom. The SMILES string of the molecule is COc1ccc(CCC2CCCCC2O)cc1C. The minimum Gasteiger partial charge on any atom is -0.496 e. The van der Waals surface area contributed by atoms with Gasteiger partial charge in [-0.2, -0.15) is 0 Å². The minimum atomic E-state index is -0.0712. The van der Waals surface area contributed by atoms with Gasteiger partial charge in [0.2, 0.25) is 0 Å². The summed E-state index contributed by atoms with van der Waals surface area (Å²) in [7, 11) is 1.71. The van der Waals surface area contributed by atoms with Crippen LogP contribution in [-0.2, 0) is 6.42 Å². The molecule has 0 bridgehead atoms. The Bertz CT molecular complexity index is 387. The Kier molecular flexibility index (Phi) is 4.65. The molecular weight excluding hydrogens is 224 g/mol. The molecule has 1 aliphatic carbocycles. The first-order chi connectivity index (χ1) is 8.70. The van der Waals surface area contributed by atoms with Crippen molar-refractivity contribution in [1.82, 2.24) is 0 Å². The summed E-state index contributed by atoms with van der Waals surface area (Å²) in [5.74, 6) is 1.46. The smallest absolute Gasteiger partial charge is 0.121 e. The van der Waals surface area contributed by atoms with Gasteiger partial charge in [-0.05, 0) is 55.7 Å². The molecule has 0 spiro atoms. The fraction of sp³-hybridized carbons (Fsp3) is 0.625. The van der Waals surface area contributed by atoms with Gasteiger partial charge in [-0.1, -0.05) is 25.0 Å². The van der Waals surface area contributed by atoms with Crippen LogP contribution < -0.4 is 4.74 Å². The summed E-state index contributed by atoms with van der Waals surface area (Å²) in [5, 5.41) is 9.96. The number of benzene rings is 1. The topological polar surface area (TPSA) is 29.5 Å². The molecule has 1 aliphatic rings. The van der Waals surface area contributed by atoms with E-state index in [1.165, 1.54) is 30.4 Å². The lowest BCUT2D eigenvalue weighted by atomic mass is 9.83. The van der Waals surface area contributed by atoms with Crippen molar-refractivity contribution in [3.8, 4) is 5.75 Å². The molecule has 2 heteroatoms. The number of aliphatic hydroxyl groups excluding tert-OH is 1. The predicted octanol–water partition coefficient (Wildman–Crippen LogP) is 3.49. The Labute approximate surface area is 110 Å². The summed E-state index contributed by atoms with van der Waals surface area (Å²) in [6.07, 6.45) is 6.75. The molecule has 2 unspecified atom stereocenters. The van der Waals surface area contributed by atoms with E-state index in [9.17, 15) is 5.11 Å². The van der Waals surface area contributed by atoms with Crippen molar-refractivity contribution in [2.24, 2.45) is 5.92 Å². The van der Waals surface area contributed by atoms with Gasteiger partial charge in [0, 0.05) is 0 Å². The highest BCUT2D eigenvalue weighted by molar-refractivity contribution is 5.36. The molecular formula is C16H24O2. The van der Waals surface area contributed by atoms with E-state index in [1.54, 1.807) is 7.11 Å². The predicted molar refractivity (Wildman–Crippen MR) is 74.0 cm³/mol. The average Bonchev–Trinajstić information content (AvgIpc) is 2.38. The molecule has 0 aromatic heterocycles. The second-order valence-corrected chi connectivity index (χ2v) is 5.45. The quantitative estimate of drug-likeness (QED) is 0.884. The van der Waals surface area contributed by atoms with E-state index < -0.39 is 0 Å². The maximum atomic E-state index is 9.96. The lowest BCUT2D eigenvalue weighted by Gasteiger charge is -2.27. The molecule has 2 rings (SSSR count). The van der Waals surface area contributed by atoms with Gasteiger partial charge in [-0.25, -0.2) is 0 Å². The van der Waals surface area contributed by atoms with Crippen molar-refractivity contribution < 1.29 is 9.84 Å². The number of aliphatic hydroxyl groups is 1. The third-order valence-electron chi connectivity index (χ3n) is 4.13. The standard InChI is InChI=1S/C16H24O2/c1-12-11-13(8-10-16(12)18-2)7-9-14-5-3-4-6-15(14)17/h8,10-11,14-15,17H,3-7,9H2,1-2H3. The second kappa shape index (κ2) is 6.24. The number of hydrogen-bond donors (Lipinski definition) is 1. The summed E-state index contributed by atoms with van der Waals surface area (Å²) in [4.78, 5) is 0. The lowest BCUT2D eigenvalue weighted by Crippen LogP contribution is -2.24. The zero-order valence-electron chi connectivity index (χ0n) is 11.5. The molecule has 1 N–H and O–H groups in total. The van der Waals surface area contributed by atoms with Crippen LogP contribution in [0.2, 0.25) is 0 Å². The van der Waals surface area contributed by atoms with E-state index in [0.717, 1.165) is 25.0 Å². The zero-order valence-corrected chi connectivity index (χ0v) is 11.5. The Morgan fingerprint density at radius 2 is 2.06 bits per heavy atom. The van der Waals surface area contributed by atoms with Gasteiger partial charge in [-0.15, -0.1) is 0 Å². The van der Waals surface area contributed by atoms with Gasteiger partial charge in [-0.3, -0.25) is 0 Å². The van der Waals surface area contributed by atoms with Crippen LogP contribution in [0.1, 0.15) is 43.2 Å². The second-order valence-electron chi connectivity index (χ2n) is 5.45. The molecule has 0 radical (unpaired) electrons. The van der Waals surface area contributed by atoms with Crippen molar-refractivity contribution in [1.29, 1.82) is 0 Å². The molecule has 0 amide bonds. The van der Waals surface area contributed by atoms with Gasteiger partial charge in [0.1, 0.15) is 5.75 Å². The van der Waals surface area contributed by atoms with Crippen LogP contribution in [0.15, 0.2) is 18.2 Å². The molecule has 1 aromatic rings. The van der Waals surface area contributed by atoms with Crippen LogP contribution in [0.3, 0.4) is 0 Å². The summed E-state index contributed by atoms with van der Waals surface area (Å²) >= 11 is 0. The van der Waals surface area contributed by atoms with Crippen molar-refractivity contribution in [2.45, 2.75) is 51.6 Å². The minimum absolute atomic E-state index is 0.0712. The van der Waals surface area contributed by atoms with Crippen molar-refractivity contribution in [3.63, 3.8) is 0 Å². The van der Waals surface area contributed by atoms with E-state index in [-0.39, 0.29) is 6.10 Å². The third-order valence-corrected chi connectivity index (χ3v) is 4.13. The van der Waals surface area contributed by atoms with Gasteiger partial charge < -0.3 is 9.84 Å². The van der Waals surface area contributed by atoms with Gasteiger partial charge in [0.15, 0.2) is 0 Å². The Morgan fingerprint density at radius 1 is 1.28 bits per heavy atom. The Hall–Kier alpha value is -1.02. The van der Waals surface area contributed by atoms with Gasteiger partial charge in [0.25, 0.3) is 0 Å². The molecule has 1 aromatic carbocycles. The van der Waals surface area contributed by atoms with Crippen LogP contribution in [-0.4, -0.2) is 18.3 Å². The largest absolute Gasteiger partial charge is 0.496 e. The van der Waals surface area contributed by atoms with Crippen LogP contribution in [0.25, 0.3) is 0 Å². The highest BCUT2D eigenvalue weighted by Gasteiger charge is 2.22. The van der Waals surface area contributed by atoms with E-state index in [2.05, 4.69) is 19.1 Å². The number of methoxy groups -OCH3 is 1. The lowest BCUT2D eigenvalue weighted by molar-refractivity contribution is 0.0655. The van der Waals surface area contributed by atoms with Crippen LogP contribution >= 0.6 is 0 Å². The summed E-state index contributed by atoms with van der Waals surface area (Å²) in [6, 6.07) is 6.39. The van der Waals surface area contributed by atoms with Crippen molar-refractivity contribution in [2.75, 3.05) is 7.11 Å². The number of rotatable bonds is 4. The summed E-state index contributed by atoms with van der Waals surface area (Å²) < 4.78 is 5.27. The molecule has 100 valence electrons. The summed E-state index contributed by atoms with van der Waals surface area (Å²) in [6.45, 7) is 2.08. The molecule has 0 heterocycles. The van der Waals surface area contributed by atoms with Crippen molar-refractivity contribution >= 4 is 0 Å². The fourth-order valence-electron chi connectivity index (χ4n) is 2.97. The molecule has 1 fully saturated rings. The van der Waals surface area contributed by atoms with Crippen LogP contribution in [0.5, 0.6) is 5.75 Å². The van der Waals surface area contributed by atoms with Crippen LogP contribution in [0, 0.1) is 12.8 Å². The average molecular weight is 248 g/mol. The van der Waals surface area contributed by atoms with Gasteiger partial charge >= 0.3 is 0 Å². The molecule has 1 saturated carbocycles. The third kappa shape index (κ3) is 3.26. The first-order valence-electron chi connectivity index (χ1n) is 7.02. The monoisotopic (exact) mass is 248 g/mol. The first-order valence-corrected chi connectivity index (χ1v) is 7.02. The molecule has 0 aliphatic heterocycles. The van der Waals surface area contributed by atoms with Crippen LogP contribution in [0.4, 0.5) is 0 Å². The van der Waals surface area contributed by atoms with E-state index >= 15 is 0 Å². The normalized spacial score (nSPS) is 23.9. The molecule has 0 saturated heterocycles. The number of ether oxygens (including phenoxy) is 1. The summed E-state index contributed by atoms with van der Waals surface area (Å²) in [5.41, 5.74) is 2.55. The molecule has 18 heavy (non-hydrogen) atoms. The highest BCUT2D eigenvalue weighted by atomic mass is 16.5. The zero-order chi connectivity index (χ0) is 13.0. The van der Waals surface area contributed by atoms with Crippen molar-refractivity contribution in [3.05, 3.63) is 29.3 Å². The molecule has 2 nitrogen and oxygen atoms in total. The fourth-order valence-corrected chi connectivity index (χ4v) is 2.97. The van der Waals surface area contributed by atoms with E-state index in [4.69, 9.17) is 4.74 Å².